The van der Waals surface area contributed by atoms with Crippen LogP contribution in [0.25, 0.3) is 0 Å². The maximum absolute atomic E-state index is 11.5. The third-order valence-corrected chi connectivity index (χ3v) is 2.34. The Morgan fingerprint density at radius 2 is 2.25 bits per heavy atom. The van der Waals surface area contributed by atoms with Gasteiger partial charge in [-0.15, -0.1) is 0 Å². The highest BCUT2D eigenvalue weighted by molar-refractivity contribution is 5.92. The van der Waals surface area contributed by atoms with Crippen molar-refractivity contribution in [3.63, 3.8) is 0 Å². The molecule has 1 aliphatic heterocycles. The Bertz CT molecular complexity index is 304. The van der Waals surface area contributed by atoms with Crippen LogP contribution in [0.4, 0.5) is 0 Å². The van der Waals surface area contributed by atoms with Crippen LogP contribution in [0, 0.1) is 0 Å². The fourth-order valence-corrected chi connectivity index (χ4v) is 1.47. The minimum absolute atomic E-state index is 0.0538. The fraction of sp³-hybridized carbons (Fsp3) is 0.667. The summed E-state index contributed by atoms with van der Waals surface area (Å²) in [6.45, 7) is -0.325. The van der Waals surface area contributed by atoms with Gasteiger partial charge < -0.3 is 20.8 Å². The van der Waals surface area contributed by atoms with Crippen LogP contribution >= 0.6 is 0 Å². The van der Waals surface area contributed by atoms with Crippen LogP contribution in [0.3, 0.4) is 0 Å². The van der Waals surface area contributed by atoms with Crippen molar-refractivity contribution in [3.8, 4) is 0 Å². The number of carbonyl (C=O) groups is 3. The molecule has 0 saturated carbocycles. The van der Waals surface area contributed by atoms with Crippen molar-refractivity contribution in [2.45, 2.75) is 31.3 Å². The monoisotopic (exact) mass is 230 g/mol. The second-order valence-corrected chi connectivity index (χ2v) is 3.57. The topological polar surface area (TPSA) is 116 Å². The first-order chi connectivity index (χ1) is 7.54. The fourth-order valence-electron chi connectivity index (χ4n) is 1.47. The standard InChI is InChI=1S/C9H14N2O5/c12-4-3-6(9(15)16)11-8(14)5-1-2-7(13)10-5/h5-6,12H,1-4H2,(H,10,13)(H,11,14)(H,15,16)/t5-,6+/m1/s1. The number of rotatable bonds is 5. The summed E-state index contributed by atoms with van der Waals surface area (Å²) >= 11 is 0. The van der Waals surface area contributed by atoms with Gasteiger partial charge >= 0.3 is 5.97 Å². The quantitative estimate of drug-likeness (QED) is 0.445. The third-order valence-electron chi connectivity index (χ3n) is 2.34. The molecule has 0 aromatic rings. The molecule has 7 nitrogen and oxygen atoms in total. The number of carbonyl (C=O) groups excluding carboxylic acids is 2. The van der Waals surface area contributed by atoms with Crippen LogP contribution in [0.5, 0.6) is 0 Å². The minimum Gasteiger partial charge on any atom is -0.480 e. The van der Waals surface area contributed by atoms with E-state index < -0.39 is 24.0 Å². The van der Waals surface area contributed by atoms with Gasteiger partial charge in [-0.05, 0) is 6.42 Å². The molecule has 1 fully saturated rings. The van der Waals surface area contributed by atoms with Crippen molar-refractivity contribution in [2.75, 3.05) is 6.61 Å². The number of nitrogens with one attached hydrogen (secondary N) is 2. The molecule has 16 heavy (non-hydrogen) atoms. The van der Waals surface area contributed by atoms with Crippen LogP contribution < -0.4 is 10.6 Å². The highest BCUT2D eigenvalue weighted by Crippen LogP contribution is 2.07. The van der Waals surface area contributed by atoms with Gasteiger partial charge in [-0.25, -0.2) is 4.79 Å². The molecule has 0 unspecified atom stereocenters. The average molecular weight is 230 g/mol. The molecule has 90 valence electrons. The number of aliphatic hydroxyl groups is 1. The summed E-state index contributed by atoms with van der Waals surface area (Å²) in [4.78, 5) is 33.1. The average Bonchev–Trinajstić information content (AvgIpc) is 2.64. The maximum Gasteiger partial charge on any atom is 0.326 e. The smallest absolute Gasteiger partial charge is 0.326 e. The summed E-state index contributed by atoms with van der Waals surface area (Å²) in [6.07, 6.45) is 0.591. The molecular weight excluding hydrogens is 216 g/mol. The first kappa shape index (κ1) is 12.4. The Kier molecular flexibility index (Phi) is 4.24. The number of amides is 2. The van der Waals surface area contributed by atoms with Gasteiger partial charge in [0.25, 0.3) is 0 Å². The highest BCUT2D eigenvalue weighted by atomic mass is 16.4. The largest absolute Gasteiger partial charge is 0.480 e. The first-order valence-corrected chi connectivity index (χ1v) is 4.98. The van der Waals surface area contributed by atoms with E-state index in [1.165, 1.54) is 0 Å². The lowest BCUT2D eigenvalue weighted by atomic mass is 10.1. The Balaban J connectivity index is 2.48. The van der Waals surface area contributed by atoms with Crippen LogP contribution in [0.1, 0.15) is 19.3 Å². The van der Waals surface area contributed by atoms with Crippen LogP contribution in [0.15, 0.2) is 0 Å². The molecule has 1 rings (SSSR count). The molecule has 2 atom stereocenters. The Hall–Kier alpha value is -1.63. The number of hydrogen-bond acceptors (Lipinski definition) is 4. The Labute approximate surface area is 91.8 Å². The van der Waals surface area contributed by atoms with Gasteiger partial charge in [0.2, 0.25) is 11.8 Å². The first-order valence-electron chi connectivity index (χ1n) is 4.98. The van der Waals surface area contributed by atoms with Crippen molar-refractivity contribution in [3.05, 3.63) is 0 Å². The molecule has 0 aromatic heterocycles. The molecule has 4 N–H and O–H groups in total. The van der Waals surface area contributed by atoms with Gasteiger partial charge in [-0.3, -0.25) is 9.59 Å². The van der Waals surface area contributed by atoms with Crippen molar-refractivity contribution in [1.29, 1.82) is 0 Å². The second kappa shape index (κ2) is 5.45. The second-order valence-electron chi connectivity index (χ2n) is 3.57. The lowest BCUT2D eigenvalue weighted by molar-refractivity contribution is -0.142. The zero-order valence-electron chi connectivity index (χ0n) is 8.60. The minimum atomic E-state index is -1.20. The van der Waals surface area contributed by atoms with Gasteiger partial charge in [-0.2, -0.15) is 0 Å². The van der Waals surface area contributed by atoms with E-state index in [-0.39, 0.29) is 25.4 Å². The van der Waals surface area contributed by atoms with Crippen LogP contribution in [-0.2, 0) is 14.4 Å². The lowest BCUT2D eigenvalue weighted by Crippen LogP contribution is -2.49. The molecule has 7 heteroatoms. The normalized spacial score (nSPS) is 21.3. The third kappa shape index (κ3) is 3.20. The summed E-state index contributed by atoms with van der Waals surface area (Å²) in [5.74, 6) is -1.94. The van der Waals surface area contributed by atoms with E-state index in [1.807, 2.05) is 0 Å². The maximum atomic E-state index is 11.5. The molecule has 0 bridgehead atoms. The van der Waals surface area contributed by atoms with E-state index >= 15 is 0 Å². The van der Waals surface area contributed by atoms with Crippen LogP contribution in [0.2, 0.25) is 0 Å². The zero-order valence-corrected chi connectivity index (χ0v) is 8.60. The Morgan fingerprint density at radius 1 is 1.56 bits per heavy atom. The summed E-state index contributed by atoms with van der Waals surface area (Å²) in [6, 6.07) is -1.77. The van der Waals surface area contributed by atoms with E-state index in [0.717, 1.165) is 0 Å². The van der Waals surface area contributed by atoms with Crippen molar-refractivity contribution in [1.82, 2.24) is 10.6 Å². The summed E-state index contributed by atoms with van der Waals surface area (Å²) in [7, 11) is 0. The lowest BCUT2D eigenvalue weighted by Gasteiger charge is -2.16. The van der Waals surface area contributed by atoms with Crippen molar-refractivity contribution >= 4 is 17.8 Å². The van der Waals surface area contributed by atoms with E-state index in [0.29, 0.717) is 6.42 Å². The molecule has 0 aliphatic carbocycles. The van der Waals surface area contributed by atoms with Crippen molar-refractivity contribution < 1.29 is 24.6 Å². The van der Waals surface area contributed by atoms with E-state index in [2.05, 4.69) is 10.6 Å². The van der Waals surface area contributed by atoms with E-state index in [9.17, 15) is 14.4 Å². The molecule has 2 amide bonds. The molecule has 0 radical (unpaired) electrons. The van der Waals surface area contributed by atoms with Gasteiger partial charge in [-0.1, -0.05) is 0 Å². The molecule has 0 aromatic carbocycles. The summed E-state index contributed by atoms with van der Waals surface area (Å²) in [5, 5.41) is 22.1. The summed E-state index contributed by atoms with van der Waals surface area (Å²) < 4.78 is 0. The SMILES string of the molecule is O=C1CC[C@H](C(=O)N[C@@H](CCO)C(=O)O)N1. The molecule has 0 spiro atoms. The van der Waals surface area contributed by atoms with Gasteiger partial charge in [0.1, 0.15) is 12.1 Å². The molecule has 1 saturated heterocycles. The Morgan fingerprint density at radius 3 is 2.69 bits per heavy atom. The number of carboxylic acids is 1. The van der Waals surface area contributed by atoms with Crippen LogP contribution in [-0.4, -0.2) is 46.7 Å². The van der Waals surface area contributed by atoms with Crippen molar-refractivity contribution in [2.24, 2.45) is 0 Å². The highest BCUT2D eigenvalue weighted by Gasteiger charge is 2.29. The molecule has 1 heterocycles. The predicted molar refractivity (Wildman–Crippen MR) is 52.4 cm³/mol. The number of aliphatic carboxylic acids is 1. The number of aliphatic hydroxyl groups excluding tert-OH is 1. The number of hydrogen-bond donors (Lipinski definition) is 4. The van der Waals surface area contributed by atoms with Gasteiger partial charge in [0.15, 0.2) is 0 Å². The zero-order chi connectivity index (χ0) is 12.1. The predicted octanol–water partition coefficient (Wildman–Crippen LogP) is -1.78. The van der Waals surface area contributed by atoms with Gasteiger partial charge in [0, 0.05) is 19.4 Å². The molecular formula is C9H14N2O5. The summed E-state index contributed by atoms with van der Waals surface area (Å²) in [5.41, 5.74) is 0. The number of carboxylic acid groups (broad SMARTS) is 1. The van der Waals surface area contributed by atoms with E-state index in [4.69, 9.17) is 10.2 Å². The molecule has 1 aliphatic rings. The van der Waals surface area contributed by atoms with E-state index in [1.54, 1.807) is 0 Å². The van der Waals surface area contributed by atoms with Gasteiger partial charge in [0.05, 0.1) is 0 Å².